The van der Waals surface area contributed by atoms with E-state index in [-0.39, 0.29) is 0 Å². The maximum Gasteiger partial charge on any atom is 0.120 e. The van der Waals surface area contributed by atoms with Crippen LogP contribution >= 0.6 is 22.9 Å². The third kappa shape index (κ3) is 4.43. The molecule has 1 unspecified atom stereocenters. The number of benzene rings is 2. The molecular weight excluding hydrogens is 374 g/mol. The van der Waals surface area contributed by atoms with Gasteiger partial charge in [-0.3, -0.25) is 4.90 Å². The molecule has 27 heavy (non-hydrogen) atoms. The second-order valence-electron chi connectivity index (χ2n) is 7.44. The van der Waals surface area contributed by atoms with Gasteiger partial charge in [-0.15, -0.1) is 11.3 Å². The SMILES string of the molecule is O=CCC(c1cc2cc(Cl)ccc2s1)C1CCN(Cc2ccccc2)CC1. The van der Waals surface area contributed by atoms with Crippen molar-refractivity contribution in [2.24, 2.45) is 5.92 Å². The van der Waals surface area contributed by atoms with Crippen molar-refractivity contribution in [3.8, 4) is 0 Å². The van der Waals surface area contributed by atoms with Gasteiger partial charge in [-0.2, -0.15) is 0 Å². The number of thiophene rings is 1. The van der Waals surface area contributed by atoms with Crippen LogP contribution in [0, 0.1) is 5.92 Å². The van der Waals surface area contributed by atoms with Gasteiger partial charge in [0, 0.05) is 33.5 Å². The van der Waals surface area contributed by atoms with Gasteiger partial charge >= 0.3 is 0 Å². The van der Waals surface area contributed by atoms with Crippen molar-refractivity contribution in [2.75, 3.05) is 13.1 Å². The molecule has 1 saturated heterocycles. The van der Waals surface area contributed by atoms with Crippen molar-refractivity contribution in [3.63, 3.8) is 0 Å². The topological polar surface area (TPSA) is 20.3 Å². The molecule has 0 N–H and O–H groups in total. The molecule has 0 radical (unpaired) electrons. The summed E-state index contributed by atoms with van der Waals surface area (Å²) in [6, 6.07) is 19.0. The first-order valence-corrected chi connectivity index (χ1v) is 10.8. The largest absolute Gasteiger partial charge is 0.303 e. The lowest BCUT2D eigenvalue weighted by Gasteiger charge is -2.35. The van der Waals surface area contributed by atoms with E-state index < -0.39 is 0 Å². The number of hydrogen-bond acceptors (Lipinski definition) is 3. The first-order chi connectivity index (χ1) is 13.2. The summed E-state index contributed by atoms with van der Waals surface area (Å²) in [5.74, 6) is 0.906. The minimum absolute atomic E-state index is 0.331. The van der Waals surface area contributed by atoms with Gasteiger partial charge in [0.1, 0.15) is 6.29 Å². The van der Waals surface area contributed by atoms with Gasteiger partial charge in [-0.1, -0.05) is 41.9 Å². The zero-order valence-corrected chi connectivity index (χ0v) is 16.9. The molecule has 0 bridgehead atoms. The Kier molecular flexibility index (Phi) is 5.92. The number of carbonyl (C=O) groups excluding carboxylic acids is 1. The second-order valence-corrected chi connectivity index (χ2v) is 8.99. The van der Waals surface area contributed by atoms with E-state index >= 15 is 0 Å². The maximum absolute atomic E-state index is 11.4. The average molecular weight is 398 g/mol. The molecule has 1 aliphatic heterocycles. The van der Waals surface area contributed by atoms with Gasteiger partial charge in [-0.25, -0.2) is 0 Å². The molecule has 2 nitrogen and oxygen atoms in total. The van der Waals surface area contributed by atoms with Crippen LogP contribution < -0.4 is 0 Å². The summed E-state index contributed by atoms with van der Waals surface area (Å²) in [6.07, 6.45) is 4.02. The fourth-order valence-electron chi connectivity index (χ4n) is 4.22. The summed E-state index contributed by atoms with van der Waals surface area (Å²) in [4.78, 5) is 15.2. The zero-order chi connectivity index (χ0) is 18.6. The molecule has 0 spiro atoms. The fourth-order valence-corrected chi connectivity index (χ4v) is 5.65. The van der Waals surface area contributed by atoms with Crippen molar-refractivity contribution in [2.45, 2.75) is 31.7 Å². The highest BCUT2D eigenvalue weighted by molar-refractivity contribution is 7.19. The summed E-state index contributed by atoms with van der Waals surface area (Å²) in [7, 11) is 0. The van der Waals surface area contributed by atoms with Gasteiger partial charge in [0.15, 0.2) is 0 Å². The Balaban J connectivity index is 1.45. The molecule has 3 aromatic rings. The van der Waals surface area contributed by atoms with Crippen molar-refractivity contribution in [1.82, 2.24) is 4.90 Å². The summed E-state index contributed by atoms with van der Waals surface area (Å²) in [5.41, 5.74) is 1.38. The molecular formula is C23H24ClNOS. The monoisotopic (exact) mass is 397 g/mol. The Morgan fingerprint density at radius 2 is 1.89 bits per heavy atom. The maximum atomic E-state index is 11.4. The summed E-state index contributed by atoms with van der Waals surface area (Å²) in [6.45, 7) is 3.23. The van der Waals surface area contributed by atoms with Crippen molar-refractivity contribution >= 4 is 39.3 Å². The van der Waals surface area contributed by atoms with E-state index in [2.05, 4.69) is 47.4 Å². The second kappa shape index (κ2) is 8.55. The number of halogens is 1. The Bertz CT molecular complexity index is 899. The van der Waals surface area contributed by atoms with Crippen LogP contribution in [0.3, 0.4) is 0 Å². The van der Waals surface area contributed by atoms with Gasteiger partial charge in [0.25, 0.3) is 0 Å². The highest BCUT2D eigenvalue weighted by Crippen LogP contribution is 2.40. The van der Waals surface area contributed by atoms with Crippen LogP contribution in [0.4, 0.5) is 0 Å². The van der Waals surface area contributed by atoms with Crippen LogP contribution in [0.25, 0.3) is 10.1 Å². The van der Waals surface area contributed by atoms with Crippen LogP contribution in [-0.4, -0.2) is 24.3 Å². The molecule has 0 amide bonds. The average Bonchev–Trinajstić information content (AvgIpc) is 3.10. The molecule has 0 aliphatic carbocycles. The predicted molar refractivity (Wildman–Crippen MR) is 115 cm³/mol. The van der Waals surface area contributed by atoms with Crippen molar-refractivity contribution in [3.05, 3.63) is 70.1 Å². The van der Waals surface area contributed by atoms with E-state index in [0.29, 0.717) is 18.3 Å². The first kappa shape index (κ1) is 18.7. The molecule has 1 aliphatic rings. The number of likely N-dealkylation sites (tertiary alicyclic amines) is 1. The van der Waals surface area contributed by atoms with E-state index in [0.717, 1.165) is 43.8 Å². The van der Waals surface area contributed by atoms with Crippen LogP contribution in [0.1, 0.15) is 35.6 Å². The van der Waals surface area contributed by atoms with Crippen molar-refractivity contribution in [1.29, 1.82) is 0 Å². The number of carbonyl (C=O) groups is 1. The number of piperidine rings is 1. The molecule has 1 aromatic heterocycles. The van der Waals surface area contributed by atoms with Crippen molar-refractivity contribution < 1.29 is 4.79 Å². The van der Waals surface area contributed by atoms with E-state index in [4.69, 9.17) is 11.6 Å². The Hall–Kier alpha value is -1.68. The van der Waals surface area contributed by atoms with Crippen LogP contribution in [0.5, 0.6) is 0 Å². The summed E-state index contributed by atoms with van der Waals surface area (Å²) in [5, 5.41) is 1.97. The Labute approximate surface area is 169 Å². The van der Waals surface area contributed by atoms with Crippen LogP contribution in [0.2, 0.25) is 5.02 Å². The van der Waals surface area contributed by atoms with E-state index in [9.17, 15) is 4.79 Å². The number of hydrogen-bond donors (Lipinski definition) is 0. The highest BCUT2D eigenvalue weighted by Gasteiger charge is 2.28. The van der Waals surface area contributed by atoms with Crippen LogP contribution in [-0.2, 0) is 11.3 Å². The third-order valence-corrected chi connectivity index (χ3v) is 7.15. The lowest BCUT2D eigenvalue weighted by molar-refractivity contribution is -0.108. The summed E-state index contributed by atoms with van der Waals surface area (Å²) < 4.78 is 1.26. The lowest BCUT2D eigenvalue weighted by atomic mass is 9.81. The first-order valence-electron chi connectivity index (χ1n) is 9.62. The van der Waals surface area contributed by atoms with E-state index in [1.165, 1.54) is 20.5 Å². The Morgan fingerprint density at radius 1 is 1.11 bits per heavy atom. The molecule has 4 heteroatoms. The molecule has 140 valence electrons. The van der Waals surface area contributed by atoms with Gasteiger partial charge in [0.05, 0.1) is 0 Å². The third-order valence-electron chi connectivity index (χ3n) is 5.66. The van der Waals surface area contributed by atoms with Crippen LogP contribution in [0.15, 0.2) is 54.6 Å². The summed E-state index contributed by atoms with van der Waals surface area (Å²) >= 11 is 7.96. The van der Waals surface area contributed by atoms with Gasteiger partial charge in [0.2, 0.25) is 0 Å². The zero-order valence-electron chi connectivity index (χ0n) is 15.3. The highest BCUT2D eigenvalue weighted by atomic mass is 35.5. The number of nitrogens with zero attached hydrogens (tertiary/aromatic N) is 1. The predicted octanol–water partition coefficient (Wildman–Crippen LogP) is 6.14. The number of aldehydes is 1. The molecule has 1 atom stereocenters. The molecule has 2 heterocycles. The number of fused-ring (bicyclic) bond motifs is 1. The van der Waals surface area contributed by atoms with E-state index in [1.807, 2.05) is 23.5 Å². The van der Waals surface area contributed by atoms with E-state index in [1.54, 1.807) is 0 Å². The minimum Gasteiger partial charge on any atom is -0.303 e. The minimum atomic E-state index is 0.331. The van der Waals surface area contributed by atoms with Gasteiger partial charge < -0.3 is 4.79 Å². The molecule has 2 aromatic carbocycles. The van der Waals surface area contributed by atoms with Gasteiger partial charge in [-0.05, 0) is 67.1 Å². The lowest BCUT2D eigenvalue weighted by Crippen LogP contribution is -2.35. The fraction of sp³-hybridized carbons (Fsp3) is 0.348. The molecule has 1 fully saturated rings. The normalized spacial score (nSPS) is 17.2. The number of rotatable bonds is 6. The standard InChI is InChI=1S/C23H24ClNOS/c24-20-6-7-22-19(14-20)15-23(27-22)21(10-13-26)18-8-11-25(12-9-18)16-17-4-2-1-3-5-17/h1-7,13-15,18,21H,8-12,16H2. The quantitative estimate of drug-likeness (QED) is 0.465. The molecule has 0 saturated carbocycles. The Morgan fingerprint density at radius 3 is 2.63 bits per heavy atom. The smallest absolute Gasteiger partial charge is 0.120 e. The molecule has 4 rings (SSSR count).